The van der Waals surface area contributed by atoms with E-state index in [4.69, 9.17) is 5.73 Å². The second-order valence-corrected chi connectivity index (χ2v) is 2.95. The molecule has 2 aliphatic heterocycles. The van der Waals surface area contributed by atoms with Crippen molar-refractivity contribution in [3.8, 4) is 0 Å². The maximum absolute atomic E-state index is 5.76. The van der Waals surface area contributed by atoms with Gasteiger partial charge in [-0.15, -0.1) is 0 Å². The van der Waals surface area contributed by atoms with E-state index in [-0.39, 0.29) is 0 Å². The number of hydrogen-bond donors (Lipinski definition) is 1. The highest BCUT2D eigenvalue weighted by Gasteiger charge is 2.48. The third-order valence-corrected chi connectivity index (χ3v) is 2.37. The fourth-order valence-corrected chi connectivity index (χ4v) is 1.77. The Labute approximate surface area is 59.2 Å². The molecule has 0 aromatic heterocycles. The number of fused-ring (bicyclic) bond motifs is 4. The third kappa shape index (κ3) is 0.321. The normalized spacial score (nSPS) is 24.8. The second kappa shape index (κ2) is 1.15. The lowest BCUT2D eigenvalue weighted by Crippen LogP contribution is -2.10. The van der Waals surface area contributed by atoms with Crippen LogP contribution >= 0.6 is 0 Å². The van der Waals surface area contributed by atoms with Crippen LogP contribution in [0.5, 0.6) is 0 Å². The Kier molecular flexibility index (Phi) is 0.528. The Hall–Kier alpha value is -1.18. The van der Waals surface area contributed by atoms with Crippen LogP contribution in [0.2, 0.25) is 0 Å². The van der Waals surface area contributed by atoms with Crippen LogP contribution in [0, 0.1) is 0 Å². The molecule has 0 spiro atoms. The molecule has 2 N–H and O–H groups in total. The number of nitrogens with zero attached hydrogens (tertiary/aromatic N) is 1. The summed E-state index contributed by atoms with van der Waals surface area (Å²) in [5.41, 5.74) is 9.46. The summed E-state index contributed by atoms with van der Waals surface area (Å²) in [5.74, 6) is 0. The summed E-state index contributed by atoms with van der Waals surface area (Å²) in [6, 6.07) is 6.82. The summed E-state index contributed by atoms with van der Waals surface area (Å²) in [5, 5.41) is 0. The molecule has 1 fully saturated rings. The van der Waals surface area contributed by atoms with Gasteiger partial charge in [0.1, 0.15) is 0 Å². The predicted molar refractivity (Wildman–Crippen MR) is 40.9 cm³/mol. The molecule has 1 atom stereocenters. The Morgan fingerprint density at radius 2 is 2.40 bits per heavy atom. The second-order valence-electron chi connectivity index (χ2n) is 2.95. The standard InChI is InChI=1S/C8H8N2/c9-5-2-1-3-6-8(5)7-4-10(6)7/h1-3,7H,4,9H2. The molecule has 0 radical (unpaired) electrons. The number of rotatable bonds is 0. The van der Waals surface area contributed by atoms with Crippen molar-refractivity contribution in [2.75, 3.05) is 17.2 Å². The minimum Gasteiger partial charge on any atom is -0.398 e. The van der Waals surface area contributed by atoms with Crippen LogP contribution in [0.4, 0.5) is 11.4 Å². The summed E-state index contributed by atoms with van der Waals surface area (Å²) >= 11 is 0. The first kappa shape index (κ1) is 4.61. The zero-order chi connectivity index (χ0) is 6.72. The lowest BCUT2D eigenvalue weighted by molar-refractivity contribution is 1.04. The Morgan fingerprint density at radius 1 is 1.50 bits per heavy atom. The molecule has 1 unspecified atom stereocenters. The van der Waals surface area contributed by atoms with Gasteiger partial charge in [-0.1, -0.05) is 6.07 Å². The van der Waals surface area contributed by atoms with Gasteiger partial charge in [0.25, 0.3) is 0 Å². The smallest absolute Gasteiger partial charge is 0.0759 e. The monoisotopic (exact) mass is 132 g/mol. The largest absolute Gasteiger partial charge is 0.398 e. The van der Waals surface area contributed by atoms with E-state index in [0.29, 0.717) is 6.04 Å². The van der Waals surface area contributed by atoms with E-state index in [1.807, 2.05) is 12.1 Å². The fourth-order valence-electron chi connectivity index (χ4n) is 1.77. The van der Waals surface area contributed by atoms with Crippen molar-refractivity contribution in [3.05, 3.63) is 23.8 Å². The molecule has 1 aromatic carbocycles. The van der Waals surface area contributed by atoms with Gasteiger partial charge in [0.15, 0.2) is 0 Å². The van der Waals surface area contributed by atoms with Crippen LogP contribution in [0.3, 0.4) is 0 Å². The van der Waals surface area contributed by atoms with Gasteiger partial charge in [0.2, 0.25) is 0 Å². The summed E-state index contributed by atoms with van der Waals surface area (Å²) in [7, 11) is 0. The molecule has 2 heteroatoms. The van der Waals surface area contributed by atoms with Crippen LogP contribution in [0.1, 0.15) is 11.6 Å². The van der Waals surface area contributed by atoms with E-state index in [2.05, 4.69) is 11.0 Å². The molecule has 0 amide bonds. The SMILES string of the molecule is Nc1cccc2c1C1CN21. The van der Waals surface area contributed by atoms with E-state index in [1.54, 1.807) is 0 Å². The molecule has 3 rings (SSSR count). The summed E-state index contributed by atoms with van der Waals surface area (Å²) in [6.07, 6.45) is 0. The van der Waals surface area contributed by atoms with E-state index in [1.165, 1.54) is 17.8 Å². The van der Waals surface area contributed by atoms with Crippen LogP contribution in [-0.2, 0) is 0 Å². The predicted octanol–water partition coefficient (Wildman–Crippen LogP) is 1.14. The molecular weight excluding hydrogens is 124 g/mol. The molecule has 2 nitrogen and oxygen atoms in total. The van der Waals surface area contributed by atoms with Gasteiger partial charge in [-0.3, -0.25) is 0 Å². The van der Waals surface area contributed by atoms with Crippen LogP contribution in [-0.4, -0.2) is 6.54 Å². The number of benzene rings is 1. The average Bonchev–Trinajstić information content (AvgIpc) is 2.57. The zero-order valence-corrected chi connectivity index (χ0v) is 5.54. The van der Waals surface area contributed by atoms with Crippen molar-refractivity contribution in [2.45, 2.75) is 6.04 Å². The molecule has 2 aliphatic rings. The summed E-state index contributed by atoms with van der Waals surface area (Å²) < 4.78 is 0. The molecule has 0 saturated carbocycles. The van der Waals surface area contributed by atoms with Crippen molar-refractivity contribution in [1.82, 2.24) is 0 Å². The molecule has 50 valence electrons. The first-order valence-corrected chi connectivity index (χ1v) is 3.53. The minimum atomic E-state index is 0.691. The summed E-state index contributed by atoms with van der Waals surface area (Å²) in [4.78, 5) is 2.35. The Bertz CT molecular complexity index is 306. The van der Waals surface area contributed by atoms with Crippen molar-refractivity contribution >= 4 is 11.4 Å². The quantitative estimate of drug-likeness (QED) is 0.423. The van der Waals surface area contributed by atoms with Crippen LogP contribution < -0.4 is 10.6 Å². The lowest BCUT2D eigenvalue weighted by atomic mass is 10.0. The van der Waals surface area contributed by atoms with Crippen molar-refractivity contribution in [3.63, 3.8) is 0 Å². The Morgan fingerprint density at radius 3 is 3.20 bits per heavy atom. The number of nitrogens with two attached hydrogens (primary N) is 1. The van der Waals surface area contributed by atoms with E-state index < -0.39 is 0 Å². The van der Waals surface area contributed by atoms with Gasteiger partial charge >= 0.3 is 0 Å². The van der Waals surface area contributed by atoms with E-state index >= 15 is 0 Å². The summed E-state index contributed by atoms with van der Waals surface area (Å²) in [6.45, 7) is 1.20. The minimum absolute atomic E-state index is 0.691. The van der Waals surface area contributed by atoms with Gasteiger partial charge in [0.05, 0.1) is 6.04 Å². The van der Waals surface area contributed by atoms with Gasteiger partial charge in [-0.2, -0.15) is 0 Å². The van der Waals surface area contributed by atoms with E-state index in [0.717, 1.165) is 5.69 Å². The highest BCUT2D eigenvalue weighted by Crippen LogP contribution is 2.56. The fraction of sp³-hybridized carbons (Fsp3) is 0.250. The molecule has 0 bridgehead atoms. The number of nitrogen functional groups attached to an aromatic ring is 1. The van der Waals surface area contributed by atoms with Crippen molar-refractivity contribution in [2.24, 2.45) is 0 Å². The maximum Gasteiger partial charge on any atom is 0.0759 e. The molecule has 0 aliphatic carbocycles. The Balaban J connectivity index is 2.32. The van der Waals surface area contributed by atoms with Crippen LogP contribution in [0.25, 0.3) is 0 Å². The number of anilines is 2. The maximum atomic E-state index is 5.76. The topological polar surface area (TPSA) is 29.0 Å². The first-order valence-electron chi connectivity index (χ1n) is 3.53. The van der Waals surface area contributed by atoms with Gasteiger partial charge in [-0.05, 0) is 12.1 Å². The van der Waals surface area contributed by atoms with Gasteiger partial charge < -0.3 is 10.6 Å². The molecule has 1 saturated heterocycles. The highest BCUT2D eigenvalue weighted by molar-refractivity contribution is 5.81. The molecule has 1 aromatic rings. The van der Waals surface area contributed by atoms with Gasteiger partial charge in [0, 0.05) is 23.5 Å². The zero-order valence-electron chi connectivity index (χ0n) is 5.54. The molecule has 2 heterocycles. The van der Waals surface area contributed by atoms with Crippen molar-refractivity contribution < 1.29 is 0 Å². The van der Waals surface area contributed by atoms with Gasteiger partial charge in [-0.25, -0.2) is 0 Å². The highest BCUT2D eigenvalue weighted by atomic mass is 15.4. The molecular formula is C8H8N2. The molecule has 10 heavy (non-hydrogen) atoms. The lowest BCUT2D eigenvalue weighted by Gasteiger charge is -2.21. The number of hydrogen-bond acceptors (Lipinski definition) is 2. The van der Waals surface area contributed by atoms with E-state index in [9.17, 15) is 0 Å². The third-order valence-electron chi connectivity index (χ3n) is 2.37. The average molecular weight is 132 g/mol. The van der Waals surface area contributed by atoms with Crippen molar-refractivity contribution in [1.29, 1.82) is 0 Å². The van der Waals surface area contributed by atoms with Crippen LogP contribution in [0.15, 0.2) is 18.2 Å². The first-order chi connectivity index (χ1) is 4.88.